The summed E-state index contributed by atoms with van der Waals surface area (Å²) >= 11 is 5.97. The van der Waals surface area contributed by atoms with Gasteiger partial charge in [0.15, 0.2) is 0 Å². The van der Waals surface area contributed by atoms with Gasteiger partial charge in [0.2, 0.25) is 0 Å². The lowest BCUT2D eigenvalue weighted by Crippen LogP contribution is -2.30. The Morgan fingerprint density at radius 1 is 1.33 bits per heavy atom. The van der Waals surface area contributed by atoms with Gasteiger partial charge in [0.1, 0.15) is 5.82 Å². The van der Waals surface area contributed by atoms with Crippen molar-refractivity contribution < 1.29 is 9.13 Å². The molecule has 1 unspecified atom stereocenters. The van der Waals surface area contributed by atoms with E-state index in [1.165, 1.54) is 32.1 Å². The van der Waals surface area contributed by atoms with Crippen molar-refractivity contribution in [2.75, 3.05) is 26.8 Å². The number of ether oxygens (including phenoxy) is 1. The Hall–Kier alpha value is -0.640. The first-order chi connectivity index (χ1) is 10.2. The zero-order chi connectivity index (χ0) is 15.1. The summed E-state index contributed by atoms with van der Waals surface area (Å²) in [6.45, 7) is 2.25. The predicted octanol–water partition coefficient (Wildman–Crippen LogP) is 4.38. The molecule has 2 rings (SSSR count). The summed E-state index contributed by atoms with van der Waals surface area (Å²) in [5, 5.41) is 3.62. The highest BCUT2D eigenvalue weighted by molar-refractivity contribution is 6.30. The van der Waals surface area contributed by atoms with Crippen LogP contribution in [-0.4, -0.2) is 26.8 Å². The Labute approximate surface area is 132 Å². The van der Waals surface area contributed by atoms with E-state index in [9.17, 15) is 4.39 Å². The molecule has 0 radical (unpaired) electrons. The molecule has 1 atom stereocenters. The minimum Gasteiger partial charge on any atom is -0.383 e. The minimum absolute atomic E-state index is 0.195. The van der Waals surface area contributed by atoms with Crippen LogP contribution < -0.4 is 5.32 Å². The van der Waals surface area contributed by atoms with E-state index in [2.05, 4.69) is 5.32 Å². The molecular formula is C17H25ClFNO. The van der Waals surface area contributed by atoms with Crippen molar-refractivity contribution in [1.82, 2.24) is 5.32 Å². The first-order valence-electron chi connectivity index (χ1n) is 7.87. The molecule has 118 valence electrons. The first-order valence-corrected chi connectivity index (χ1v) is 8.25. The summed E-state index contributed by atoms with van der Waals surface area (Å²) in [4.78, 5) is 0. The Balaban J connectivity index is 2.11. The summed E-state index contributed by atoms with van der Waals surface area (Å²) < 4.78 is 19.5. The molecule has 0 amide bonds. The van der Waals surface area contributed by atoms with Crippen LogP contribution in [0.5, 0.6) is 0 Å². The van der Waals surface area contributed by atoms with Gasteiger partial charge < -0.3 is 10.1 Å². The highest BCUT2D eigenvalue weighted by atomic mass is 35.5. The highest BCUT2D eigenvalue weighted by Gasteiger charge is 2.27. The first kappa shape index (κ1) is 16.7. The Morgan fingerprint density at radius 2 is 2.10 bits per heavy atom. The second-order valence-electron chi connectivity index (χ2n) is 5.84. The summed E-state index contributed by atoms with van der Waals surface area (Å²) in [5.74, 6) is 0.492. The van der Waals surface area contributed by atoms with Crippen molar-refractivity contribution in [3.63, 3.8) is 0 Å². The molecule has 21 heavy (non-hydrogen) atoms. The monoisotopic (exact) mass is 313 g/mol. The maximum absolute atomic E-state index is 14.4. The standard InChI is InChI=1S/C17H25ClFNO/c1-21-11-10-20-12-15(13-6-3-2-4-7-13)14-8-5-9-16(18)17(14)19/h5,8-9,13,15,20H,2-4,6-7,10-12H2,1H3. The lowest BCUT2D eigenvalue weighted by atomic mass is 9.76. The average Bonchev–Trinajstić information content (AvgIpc) is 2.52. The van der Waals surface area contributed by atoms with Crippen LogP contribution in [0.2, 0.25) is 5.02 Å². The molecule has 1 N–H and O–H groups in total. The molecule has 1 aliphatic carbocycles. The Bertz CT molecular complexity index is 435. The van der Waals surface area contributed by atoms with Crippen molar-refractivity contribution >= 4 is 11.6 Å². The van der Waals surface area contributed by atoms with E-state index in [1.807, 2.05) is 12.1 Å². The van der Waals surface area contributed by atoms with Gasteiger partial charge in [0.25, 0.3) is 0 Å². The van der Waals surface area contributed by atoms with E-state index in [4.69, 9.17) is 16.3 Å². The number of rotatable bonds is 7. The summed E-state index contributed by atoms with van der Waals surface area (Å²) in [5.41, 5.74) is 0.763. The molecule has 4 heteroatoms. The quantitative estimate of drug-likeness (QED) is 0.754. The van der Waals surface area contributed by atoms with Gasteiger partial charge in [-0.2, -0.15) is 0 Å². The molecule has 0 spiro atoms. The lowest BCUT2D eigenvalue weighted by molar-refractivity contribution is 0.196. The van der Waals surface area contributed by atoms with Crippen LogP contribution in [0.25, 0.3) is 0 Å². The molecule has 1 aromatic carbocycles. The fourth-order valence-electron chi connectivity index (χ4n) is 3.31. The summed E-state index contributed by atoms with van der Waals surface area (Å²) in [7, 11) is 1.69. The van der Waals surface area contributed by atoms with Crippen LogP contribution >= 0.6 is 11.6 Å². The Kier molecular flexibility index (Phi) is 6.94. The van der Waals surface area contributed by atoms with Crippen molar-refractivity contribution in [2.45, 2.75) is 38.0 Å². The Morgan fingerprint density at radius 3 is 2.81 bits per heavy atom. The number of halogens is 2. The van der Waals surface area contributed by atoms with E-state index in [0.717, 1.165) is 18.7 Å². The molecule has 0 aromatic heterocycles. The van der Waals surface area contributed by atoms with Crippen molar-refractivity contribution in [3.05, 3.63) is 34.6 Å². The van der Waals surface area contributed by atoms with Gasteiger partial charge in [-0.1, -0.05) is 43.0 Å². The fourth-order valence-corrected chi connectivity index (χ4v) is 3.49. The van der Waals surface area contributed by atoms with Crippen molar-refractivity contribution in [3.8, 4) is 0 Å². The van der Waals surface area contributed by atoms with Crippen molar-refractivity contribution in [1.29, 1.82) is 0 Å². The van der Waals surface area contributed by atoms with Crippen LogP contribution in [0.3, 0.4) is 0 Å². The lowest BCUT2D eigenvalue weighted by Gasteiger charge is -2.31. The minimum atomic E-state index is -0.247. The van der Waals surface area contributed by atoms with Crippen LogP contribution in [0.15, 0.2) is 18.2 Å². The molecule has 1 aliphatic rings. The topological polar surface area (TPSA) is 21.3 Å². The van der Waals surface area contributed by atoms with Crippen LogP contribution in [0.4, 0.5) is 4.39 Å². The summed E-state index contributed by atoms with van der Waals surface area (Å²) in [6.07, 6.45) is 6.17. The third-order valence-electron chi connectivity index (χ3n) is 4.45. The van der Waals surface area contributed by atoms with E-state index >= 15 is 0 Å². The second-order valence-corrected chi connectivity index (χ2v) is 6.25. The third kappa shape index (κ3) is 4.67. The van der Waals surface area contributed by atoms with Gasteiger partial charge in [0, 0.05) is 26.1 Å². The zero-order valence-corrected chi connectivity index (χ0v) is 13.5. The molecule has 0 saturated heterocycles. The van der Waals surface area contributed by atoms with Gasteiger partial charge in [-0.05, 0) is 30.4 Å². The van der Waals surface area contributed by atoms with E-state index < -0.39 is 0 Å². The van der Waals surface area contributed by atoms with Gasteiger partial charge in [-0.25, -0.2) is 4.39 Å². The molecule has 0 bridgehead atoms. The number of hydrogen-bond acceptors (Lipinski definition) is 2. The largest absolute Gasteiger partial charge is 0.383 e. The van der Waals surface area contributed by atoms with E-state index in [-0.39, 0.29) is 16.8 Å². The predicted molar refractivity (Wildman–Crippen MR) is 85.5 cm³/mol. The van der Waals surface area contributed by atoms with Crippen molar-refractivity contribution in [2.24, 2.45) is 5.92 Å². The third-order valence-corrected chi connectivity index (χ3v) is 4.74. The maximum atomic E-state index is 14.4. The number of benzene rings is 1. The van der Waals surface area contributed by atoms with Crippen LogP contribution in [0, 0.1) is 11.7 Å². The average molecular weight is 314 g/mol. The normalized spacial score (nSPS) is 17.9. The highest BCUT2D eigenvalue weighted by Crippen LogP contribution is 2.37. The SMILES string of the molecule is COCCNCC(c1cccc(Cl)c1F)C1CCCCC1. The van der Waals surface area contributed by atoms with Gasteiger partial charge in [-0.3, -0.25) is 0 Å². The van der Waals surface area contributed by atoms with E-state index in [1.54, 1.807) is 13.2 Å². The maximum Gasteiger partial charge on any atom is 0.145 e. The van der Waals surface area contributed by atoms with Gasteiger partial charge >= 0.3 is 0 Å². The molecule has 2 nitrogen and oxygen atoms in total. The zero-order valence-electron chi connectivity index (χ0n) is 12.7. The second kappa shape index (κ2) is 8.72. The molecule has 0 aliphatic heterocycles. The van der Waals surface area contributed by atoms with Crippen LogP contribution in [0.1, 0.15) is 43.6 Å². The number of hydrogen-bond donors (Lipinski definition) is 1. The molecule has 1 fully saturated rings. The molecular weight excluding hydrogens is 289 g/mol. The van der Waals surface area contributed by atoms with E-state index in [0.29, 0.717) is 12.5 Å². The smallest absolute Gasteiger partial charge is 0.145 e. The molecule has 1 saturated carbocycles. The fraction of sp³-hybridized carbons (Fsp3) is 0.647. The molecule has 0 heterocycles. The van der Waals surface area contributed by atoms with Crippen LogP contribution in [-0.2, 0) is 4.74 Å². The summed E-state index contributed by atoms with van der Waals surface area (Å²) in [6, 6.07) is 5.36. The number of nitrogens with one attached hydrogen (secondary N) is 1. The molecule has 1 aromatic rings. The van der Waals surface area contributed by atoms with Gasteiger partial charge in [0.05, 0.1) is 11.6 Å². The number of methoxy groups -OCH3 is 1. The van der Waals surface area contributed by atoms with Gasteiger partial charge in [-0.15, -0.1) is 0 Å².